The number of aliphatic hydroxyl groups excluding tert-OH is 1. The molecule has 2 heterocycles. The highest BCUT2D eigenvalue weighted by atomic mass is 35.5. The number of halogens is 1. The van der Waals surface area contributed by atoms with Crippen LogP contribution in [0.15, 0.2) is 52.1 Å². The zero-order valence-electron chi connectivity index (χ0n) is 18.1. The van der Waals surface area contributed by atoms with Gasteiger partial charge in [0.25, 0.3) is 5.91 Å². The molecule has 0 fully saturated rings. The third-order valence-corrected chi connectivity index (χ3v) is 5.73. The number of aliphatic hydroxyl groups is 1. The minimum absolute atomic E-state index is 0.169. The van der Waals surface area contributed by atoms with Gasteiger partial charge in [0, 0.05) is 29.1 Å². The van der Waals surface area contributed by atoms with Crippen LogP contribution in [-0.2, 0) is 4.79 Å². The Bertz CT molecular complexity index is 1380. The van der Waals surface area contributed by atoms with E-state index in [-0.39, 0.29) is 29.0 Å². The van der Waals surface area contributed by atoms with Crippen LogP contribution in [0.4, 0.5) is 5.69 Å². The summed E-state index contributed by atoms with van der Waals surface area (Å²) in [5.41, 5.74) is -0.456. The minimum Gasteiger partial charge on any atom is -0.503 e. The van der Waals surface area contributed by atoms with Gasteiger partial charge in [-0.2, -0.15) is 0 Å². The van der Waals surface area contributed by atoms with Crippen molar-refractivity contribution in [2.45, 2.75) is 19.4 Å². The highest BCUT2D eigenvalue weighted by Crippen LogP contribution is 2.42. The van der Waals surface area contributed by atoms with Gasteiger partial charge < -0.3 is 24.3 Å². The molecule has 1 unspecified atom stereocenters. The molecule has 11 heteroatoms. The largest absolute Gasteiger partial charge is 0.503 e. The molecule has 176 valence electrons. The first-order valence-electron chi connectivity index (χ1n) is 10.2. The van der Waals surface area contributed by atoms with Crippen molar-refractivity contribution in [1.29, 1.82) is 0 Å². The van der Waals surface area contributed by atoms with E-state index in [9.17, 15) is 29.9 Å². The summed E-state index contributed by atoms with van der Waals surface area (Å²) in [6.45, 7) is 1.97. The Balaban J connectivity index is 1.87. The average Bonchev–Trinajstić information content (AvgIpc) is 3.33. The van der Waals surface area contributed by atoms with E-state index in [1.165, 1.54) is 30.2 Å². The normalized spacial score (nSPS) is 15.9. The summed E-state index contributed by atoms with van der Waals surface area (Å²) in [5, 5.41) is 32.7. The number of hydrogen-bond donors (Lipinski definition) is 2. The molecule has 0 spiro atoms. The predicted molar refractivity (Wildman–Crippen MR) is 121 cm³/mol. The Kier molecular flexibility index (Phi) is 5.92. The summed E-state index contributed by atoms with van der Waals surface area (Å²) in [6.07, 6.45) is 0.498. The van der Waals surface area contributed by atoms with E-state index < -0.39 is 39.9 Å². The number of carbonyl (C=O) groups excluding carboxylic acids is 2. The number of rotatable bonds is 7. The lowest BCUT2D eigenvalue weighted by Gasteiger charge is -2.26. The van der Waals surface area contributed by atoms with Crippen molar-refractivity contribution in [2.24, 2.45) is 0 Å². The van der Waals surface area contributed by atoms with Crippen molar-refractivity contribution in [3.05, 3.63) is 74.2 Å². The number of nitro benzene ring substituents is 1. The van der Waals surface area contributed by atoms with Crippen LogP contribution in [-0.4, -0.2) is 45.4 Å². The summed E-state index contributed by atoms with van der Waals surface area (Å²) in [7, 11) is 1.41. The first-order valence-corrected chi connectivity index (χ1v) is 10.6. The van der Waals surface area contributed by atoms with Crippen molar-refractivity contribution in [3.63, 3.8) is 0 Å². The topological polar surface area (TPSA) is 143 Å². The molecule has 0 saturated heterocycles. The SMILES string of the molecule is CCCN1C(=O)C(O)=C(C(=O)c2cc3cc(Cl)cc(OC)c3o2)C1c1ccc(O)c([N+](=O)[O-])c1. The summed E-state index contributed by atoms with van der Waals surface area (Å²) in [4.78, 5) is 38.2. The maximum absolute atomic E-state index is 13.5. The first kappa shape index (κ1) is 23.1. The van der Waals surface area contributed by atoms with E-state index in [2.05, 4.69) is 0 Å². The van der Waals surface area contributed by atoms with E-state index in [4.69, 9.17) is 20.8 Å². The lowest BCUT2D eigenvalue weighted by molar-refractivity contribution is -0.385. The van der Waals surface area contributed by atoms with Crippen molar-refractivity contribution in [1.82, 2.24) is 4.90 Å². The van der Waals surface area contributed by atoms with Crippen LogP contribution in [0.3, 0.4) is 0 Å². The lowest BCUT2D eigenvalue weighted by atomic mass is 9.94. The van der Waals surface area contributed by atoms with E-state index in [0.29, 0.717) is 22.6 Å². The second-order valence-corrected chi connectivity index (χ2v) is 8.07. The predicted octanol–water partition coefficient (Wildman–Crippen LogP) is 4.70. The van der Waals surface area contributed by atoms with Crippen LogP contribution >= 0.6 is 11.6 Å². The van der Waals surface area contributed by atoms with E-state index in [1.54, 1.807) is 13.0 Å². The molecule has 1 amide bonds. The Morgan fingerprint density at radius 3 is 2.65 bits per heavy atom. The summed E-state index contributed by atoms with van der Waals surface area (Å²) in [6, 6.07) is 6.90. The summed E-state index contributed by atoms with van der Waals surface area (Å²) < 4.78 is 11.0. The fourth-order valence-electron chi connectivity index (χ4n) is 4.04. The maximum atomic E-state index is 13.5. The number of fused-ring (bicyclic) bond motifs is 1. The molecule has 4 rings (SSSR count). The number of nitrogens with zero attached hydrogens (tertiary/aromatic N) is 2. The number of nitro groups is 1. The quantitative estimate of drug-likeness (QED) is 0.278. The van der Waals surface area contributed by atoms with Crippen molar-refractivity contribution in [3.8, 4) is 11.5 Å². The Labute approximate surface area is 197 Å². The zero-order chi connectivity index (χ0) is 24.7. The standard InChI is InChI=1S/C23H19ClN2O8/c1-3-6-25-19(11-4-5-15(27)14(8-11)26(31)32)18(21(29)23(25)30)20(28)16-9-12-7-13(24)10-17(33-2)22(12)34-16/h4-5,7-10,19,27,29H,3,6H2,1-2H3. The number of hydrogen-bond acceptors (Lipinski definition) is 8. The number of aromatic hydroxyl groups is 1. The molecular formula is C23H19ClN2O8. The minimum atomic E-state index is -1.13. The molecule has 0 aliphatic carbocycles. The Hall–Kier alpha value is -4.05. The molecule has 0 radical (unpaired) electrons. The second kappa shape index (κ2) is 8.71. The molecule has 1 aromatic heterocycles. The monoisotopic (exact) mass is 486 g/mol. The second-order valence-electron chi connectivity index (χ2n) is 7.63. The molecule has 1 aliphatic rings. The van der Waals surface area contributed by atoms with Gasteiger partial charge in [0.1, 0.15) is 0 Å². The highest BCUT2D eigenvalue weighted by molar-refractivity contribution is 6.31. The van der Waals surface area contributed by atoms with Gasteiger partial charge in [0.15, 0.2) is 28.6 Å². The van der Waals surface area contributed by atoms with Gasteiger partial charge >= 0.3 is 5.69 Å². The van der Waals surface area contributed by atoms with Crippen LogP contribution in [0.5, 0.6) is 11.5 Å². The van der Waals surface area contributed by atoms with Gasteiger partial charge in [-0.05, 0) is 30.2 Å². The number of ketones is 1. The van der Waals surface area contributed by atoms with Gasteiger partial charge in [-0.1, -0.05) is 24.6 Å². The van der Waals surface area contributed by atoms with Crippen molar-refractivity contribution >= 4 is 39.9 Å². The smallest absolute Gasteiger partial charge is 0.311 e. The van der Waals surface area contributed by atoms with Crippen molar-refractivity contribution in [2.75, 3.05) is 13.7 Å². The number of phenols is 1. The molecule has 34 heavy (non-hydrogen) atoms. The Morgan fingerprint density at radius 1 is 1.26 bits per heavy atom. The number of ether oxygens (including phenoxy) is 1. The van der Waals surface area contributed by atoms with Crippen LogP contribution in [0, 0.1) is 10.1 Å². The number of phenolic OH excluding ortho intramolecular Hbond substituents is 1. The Morgan fingerprint density at radius 2 is 2.00 bits per heavy atom. The third-order valence-electron chi connectivity index (χ3n) is 5.52. The van der Waals surface area contributed by atoms with E-state index in [1.807, 2.05) is 0 Å². The molecule has 10 nitrogen and oxygen atoms in total. The fraction of sp³-hybridized carbons (Fsp3) is 0.217. The molecule has 3 aromatic rings. The number of furan rings is 1. The number of carbonyl (C=O) groups is 2. The maximum Gasteiger partial charge on any atom is 0.311 e. The van der Waals surface area contributed by atoms with Crippen LogP contribution in [0.2, 0.25) is 5.02 Å². The van der Waals surface area contributed by atoms with E-state index in [0.717, 1.165) is 12.1 Å². The third kappa shape index (κ3) is 3.71. The summed E-state index contributed by atoms with van der Waals surface area (Å²) >= 11 is 6.09. The number of amides is 1. The highest BCUT2D eigenvalue weighted by Gasteiger charge is 2.44. The van der Waals surface area contributed by atoms with Crippen LogP contribution in [0.25, 0.3) is 11.0 Å². The number of methoxy groups -OCH3 is 1. The van der Waals surface area contributed by atoms with Gasteiger partial charge in [-0.15, -0.1) is 0 Å². The molecule has 1 aliphatic heterocycles. The van der Waals surface area contributed by atoms with E-state index >= 15 is 0 Å². The number of benzene rings is 2. The van der Waals surface area contributed by atoms with Crippen LogP contribution in [0.1, 0.15) is 35.5 Å². The van der Waals surface area contributed by atoms with Crippen LogP contribution < -0.4 is 4.74 Å². The fourth-order valence-corrected chi connectivity index (χ4v) is 4.26. The molecule has 2 aromatic carbocycles. The van der Waals surface area contributed by atoms with Gasteiger partial charge in [-0.25, -0.2) is 0 Å². The van der Waals surface area contributed by atoms with Crippen molar-refractivity contribution < 1.29 is 33.9 Å². The van der Waals surface area contributed by atoms with Gasteiger partial charge in [0.2, 0.25) is 5.78 Å². The first-order chi connectivity index (χ1) is 16.2. The molecule has 0 bridgehead atoms. The van der Waals surface area contributed by atoms with Gasteiger partial charge in [-0.3, -0.25) is 19.7 Å². The average molecular weight is 487 g/mol. The molecule has 1 atom stereocenters. The zero-order valence-corrected chi connectivity index (χ0v) is 18.8. The summed E-state index contributed by atoms with van der Waals surface area (Å²) in [5.74, 6) is -2.79. The molecular weight excluding hydrogens is 468 g/mol. The lowest BCUT2D eigenvalue weighted by Crippen LogP contribution is -2.31. The number of Topliss-reactive ketones (excluding diaryl/α,β-unsaturated/α-hetero) is 1. The molecule has 2 N–H and O–H groups in total. The van der Waals surface area contributed by atoms with Gasteiger partial charge in [0.05, 0.1) is 23.6 Å². The molecule has 0 saturated carbocycles.